The monoisotopic (exact) mass is 307 g/mol. The molecule has 116 valence electrons. The molecule has 0 saturated carbocycles. The lowest BCUT2D eigenvalue weighted by atomic mass is 10.1. The van der Waals surface area contributed by atoms with Crippen LogP contribution in [0.3, 0.4) is 0 Å². The highest BCUT2D eigenvalue weighted by Crippen LogP contribution is 2.18. The molecule has 0 atom stereocenters. The van der Waals surface area contributed by atoms with E-state index < -0.39 is 0 Å². The maximum absolute atomic E-state index is 12.1. The van der Waals surface area contributed by atoms with Crippen LogP contribution in [0.2, 0.25) is 0 Å². The van der Waals surface area contributed by atoms with Gasteiger partial charge in [-0.3, -0.25) is 4.79 Å². The van der Waals surface area contributed by atoms with Crippen LogP contribution < -0.4 is 5.32 Å². The third kappa shape index (κ3) is 3.79. The number of nitrogens with zero attached hydrogens (tertiary/aromatic N) is 4. The van der Waals surface area contributed by atoms with Crippen LogP contribution in [0.1, 0.15) is 17.5 Å². The fraction of sp³-hybridized carbons (Fsp3) is 0.176. The van der Waals surface area contributed by atoms with Gasteiger partial charge < -0.3 is 5.32 Å². The summed E-state index contributed by atoms with van der Waals surface area (Å²) < 4.78 is 1.59. The van der Waals surface area contributed by atoms with Crippen molar-refractivity contribution in [2.75, 3.05) is 5.32 Å². The van der Waals surface area contributed by atoms with Crippen LogP contribution in [0.15, 0.2) is 54.9 Å². The van der Waals surface area contributed by atoms with Crippen LogP contribution in [-0.2, 0) is 11.2 Å². The lowest BCUT2D eigenvalue weighted by Gasteiger charge is -2.09. The number of amides is 1. The maximum Gasteiger partial charge on any atom is 0.224 e. The lowest BCUT2D eigenvalue weighted by Crippen LogP contribution is -2.12. The van der Waals surface area contributed by atoms with E-state index >= 15 is 0 Å². The number of nitrogens with one attached hydrogen (secondary N) is 1. The first-order chi connectivity index (χ1) is 11.2. The van der Waals surface area contributed by atoms with E-state index in [9.17, 15) is 4.79 Å². The Morgan fingerprint density at radius 2 is 2.00 bits per heavy atom. The molecule has 1 aromatic heterocycles. The van der Waals surface area contributed by atoms with Gasteiger partial charge in [0.15, 0.2) is 0 Å². The summed E-state index contributed by atoms with van der Waals surface area (Å²) in [5.74, 6) is 0.00317. The fourth-order valence-electron chi connectivity index (χ4n) is 2.39. The van der Waals surface area contributed by atoms with Gasteiger partial charge in [-0.25, -0.2) is 4.68 Å². The zero-order chi connectivity index (χ0) is 16.1. The molecule has 0 bridgehead atoms. The molecule has 3 rings (SSSR count). The third-order valence-corrected chi connectivity index (χ3v) is 3.56. The van der Waals surface area contributed by atoms with Gasteiger partial charge in [0.05, 0.1) is 5.69 Å². The van der Waals surface area contributed by atoms with Gasteiger partial charge in [0.25, 0.3) is 0 Å². The number of aryl methyl sites for hydroxylation is 2. The largest absolute Gasteiger partial charge is 0.326 e. The Kier molecular flexibility index (Phi) is 4.42. The number of tetrazole rings is 1. The summed E-state index contributed by atoms with van der Waals surface area (Å²) in [4.78, 5) is 12.1. The van der Waals surface area contributed by atoms with Crippen molar-refractivity contribution in [2.24, 2.45) is 0 Å². The van der Waals surface area contributed by atoms with Crippen LogP contribution in [0.25, 0.3) is 5.69 Å². The highest BCUT2D eigenvalue weighted by atomic mass is 16.1. The second-order valence-corrected chi connectivity index (χ2v) is 5.29. The summed E-state index contributed by atoms with van der Waals surface area (Å²) >= 11 is 0. The Morgan fingerprint density at radius 1 is 1.17 bits per heavy atom. The summed E-state index contributed by atoms with van der Waals surface area (Å²) in [6.07, 6.45) is 2.73. The molecule has 23 heavy (non-hydrogen) atoms. The molecule has 0 spiro atoms. The van der Waals surface area contributed by atoms with E-state index in [1.807, 2.05) is 55.5 Å². The lowest BCUT2D eigenvalue weighted by molar-refractivity contribution is -0.116. The summed E-state index contributed by atoms with van der Waals surface area (Å²) in [5, 5.41) is 14.0. The summed E-state index contributed by atoms with van der Waals surface area (Å²) in [6.45, 7) is 1.95. The topological polar surface area (TPSA) is 72.7 Å². The number of benzene rings is 2. The molecule has 1 heterocycles. The molecule has 0 fully saturated rings. The van der Waals surface area contributed by atoms with E-state index in [-0.39, 0.29) is 5.91 Å². The Labute approximate surface area is 134 Å². The number of anilines is 1. The first-order valence-electron chi connectivity index (χ1n) is 7.40. The number of carbonyl (C=O) groups is 1. The van der Waals surface area contributed by atoms with E-state index in [0.29, 0.717) is 6.42 Å². The van der Waals surface area contributed by atoms with Crippen molar-refractivity contribution >= 4 is 11.6 Å². The molecule has 0 aliphatic carbocycles. The minimum atomic E-state index is 0.00317. The highest BCUT2D eigenvalue weighted by Gasteiger charge is 2.07. The van der Waals surface area contributed by atoms with Crippen molar-refractivity contribution in [3.8, 4) is 5.69 Å². The smallest absolute Gasteiger partial charge is 0.224 e. The van der Waals surface area contributed by atoms with Crippen molar-refractivity contribution in [1.29, 1.82) is 0 Å². The summed E-state index contributed by atoms with van der Waals surface area (Å²) in [7, 11) is 0. The van der Waals surface area contributed by atoms with Crippen molar-refractivity contribution in [3.63, 3.8) is 0 Å². The Morgan fingerprint density at radius 3 is 2.70 bits per heavy atom. The molecule has 0 aliphatic rings. The van der Waals surface area contributed by atoms with Crippen LogP contribution in [0.4, 0.5) is 5.69 Å². The van der Waals surface area contributed by atoms with Crippen LogP contribution >= 0.6 is 0 Å². The number of hydrogen-bond acceptors (Lipinski definition) is 4. The van der Waals surface area contributed by atoms with Crippen molar-refractivity contribution in [3.05, 3.63) is 66.0 Å². The normalized spacial score (nSPS) is 10.5. The van der Waals surface area contributed by atoms with Crippen molar-refractivity contribution in [1.82, 2.24) is 20.2 Å². The molecular formula is C17H17N5O. The van der Waals surface area contributed by atoms with Gasteiger partial charge in [-0.2, -0.15) is 0 Å². The molecule has 1 N–H and O–H groups in total. The Balaban J connectivity index is 1.62. The SMILES string of the molecule is Cc1cc(NC(=O)CCc2ccccc2)ccc1-n1cnnn1. The van der Waals surface area contributed by atoms with Crippen LogP contribution in [0.5, 0.6) is 0 Å². The fourth-order valence-corrected chi connectivity index (χ4v) is 2.39. The van der Waals surface area contributed by atoms with E-state index in [2.05, 4.69) is 20.8 Å². The molecule has 0 radical (unpaired) electrons. The minimum absolute atomic E-state index is 0.00317. The second kappa shape index (κ2) is 6.83. The molecule has 1 amide bonds. The highest BCUT2D eigenvalue weighted by molar-refractivity contribution is 5.91. The molecule has 2 aromatic carbocycles. The number of rotatable bonds is 5. The summed E-state index contributed by atoms with van der Waals surface area (Å²) in [5.41, 5.74) is 3.81. The van der Waals surface area contributed by atoms with E-state index in [1.165, 1.54) is 0 Å². The quantitative estimate of drug-likeness (QED) is 0.786. The van der Waals surface area contributed by atoms with Crippen LogP contribution in [-0.4, -0.2) is 26.1 Å². The summed E-state index contributed by atoms with van der Waals surface area (Å²) in [6, 6.07) is 15.6. The second-order valence-electron chi connectivity index (χ2n) is 5.29. The zero-order valence-electron chi connectivity index (χ0n) is 12.8. The van der Waals surface area contributed by atoms with Gasteiger partial charge in [0.2, 0.25) is 5.91 Å². The maximum atomic E-state index is 12.1. The third-order valence-electron chi connectivity index (χ3n) is 3.56. The average molecular weight is 307 g/mol. The number of carbonyl (C=O) groups excluding carboxylic acids is 1. The van der Waals surface area contributed by atoms with Crippen LogP contribution in [0, 0.1) is 6.92 Å². The average Bonchev–Trinajstić information content (AvgIpc) is 3.08. The molecule has 6 nitrogen and oxygen atoms in total. The zero-order valence-corrected chi connectivity index (χ0v) is 12.8. The van der Waals surface area contributed by atoms with Gasteiger partial charge in [0, 0.05) is 12.1 Å². The van der Waals surface area contributed by atoms with E-state index in [4.69, 9.17) is 0 Å². The molecule has 6 heteroatoms. The molecule has 0 aliphatic heterocycles. The molecule has 3 aromatic rings. The first-order valence-corrected chi connectivity index (χ1v) is 7.40. The van der Waals surface area contributed by atoms with Crippen molar-refractivity contribution < 1.29 is 4.79 Å². The van der Waals surface area contributed by atoms with Gasteiger partial charge in [0.1, 0.15) is 6.33 Å². The van der Waals surface area contributed by atoms with Crippen molar-refractivity contribution in [2.45, 2.75) is 19.8 Å². The molecule has 0 saturated heterocycles. The van der Waals surface area contributed by atoms with E-state index in [0.717, 1.165) is 28.9 Å². The molecule has 0 unspecified atom stereocenters. The van der Waals surface area contributed by atoms with E-state index in [1.54, 1.807) is 11.0 Å². The first kappa shape index (κ1) is 14.9. The number of hydrogen-bond donors (Lipinski definition) is 1. The standard InChI is InChI=1S/C17H17N5O/c1-13-11-15(8-9-16(13)22-12-18-20-21-22)19-17(23)10-7-14-5-3-2-4-6-14/h2-6,8-9,11-12H,7,10H2,1H3,(H,19,23). The molecular weight excluding hydrogens is 290 g/mol. The number of aromatic nitrogens is 4. The predicted octanol–water partition coefficient (Wildman–Crippen LogP) is 2.54. The van der Waals surface area contributed by atoms with Gasteiger partial charge >= 0.3 is 0 Å². The van der Waals surface area contributed by atoms with Gasteiger partial charge in [-0.15, -0.1) is 5.10 Å². The minimum Gasteiger partial charge on any atom is -0.326 e. The van der Waals surface area contributed by atoms with Gasteiger partial charge in [-0.05, 0) is 53.1 Å². The Bertz CT molecular complexity index is 784. The van der Waals surface area contributed by atoms with Gasteiger partial charge in [-0.1, -0.05) is 30.3 Å². The predicted molar refractivity (Wildman–Crippen MR) is 87.3 cm³/mol. The Hall–Kier alpha value is -3.02.